The van der Waals surface area contributed by atoms with Gasteiger partial charge in [0.25, 0.3) is 0 Å². The van der Waals surface area contributed by atoms with Crippen molar-refractivity contribution >= 4 is 10.3 Å². The largest absolute Gasteiger partial charge is 0.380 e. The Bertz CT molecular complexity index is 561. The summed E-state index contributed by atoms with van der Waals surface area (Å²) < 4.78 is 27.6. The molecule has 2 aromatic rings. The van der Waals surface area contributed by atoms with Gasteiger partial charge in [0.1, 0.15) is 5.75 Å². The van der Waals surface area contributed by atoms with Gasteiger partial charge < -0.3 is 8.75 Å². The van der Waals surface area contributed by atoms with Crippen molar-refractivity contribution in [1.82, 2.24) is 9.55 Å². The van der Waals surface area contributed by atoms with Gasteiger partial charge in [0, 0.05) is 18.1 Å². The Hall–Kier alpha value is -1.86. The molecule has 2 N–H and O–H groups in total. The predicted octanol–water partition coefficient (Wildman–Crippen LogP) is 0.455. The first-order valence-electron chi connectivity index (χ1n) is 4.35. The van der Waals surface area contributed by atoms with Crippen molar-refractivity contribution in [2.45, 2.75) is 0 Å². The summed E-state index contributed by atoms with van der Waals surface area (Å²) in [7, 11) is -3.96. The van der Waals surface area contributed by atoms with Gasteiger partial charge in [0.05, 0.1) is 6.33 Å². The molecule has 0 saturated heterocycles. The van der Waals surface area contributed by atoms with Crippen LogP contribution in [0.2, 0.25) is 0 Å². The highest BCUT2D eigenvalue weighted by Crippen LogP contribution is 2.15. The second-order valence-corrected chi connectivity index (χ2v) is 4.19. The van der Waals surface area contributed by atoms with Gasteiger partial charge in [-0.2, -0.15) is 13.6 Å². The second kappa shape index (κ2) is 3.95. The number of rotatable bonds is 3. The molecule has 1 aromatic heterocycles. The van der Waals surface area contributed by atoms with Crippen molar-refractivity contribution in [3.8, 4) is 11.4 Å². The highest BCUT2D eigenvalue weighted by Gasteiger charge is 2.04. The minimum Gasteiger partial charge on any atom is -0.371 e. The molecule has 0 saturated carbocycles. The molecule has 16 heavy (non-hydrogen) atoms. The van der Waals surface area contributed by atoms with Gasteiger partial charge in [-0.3, -0.25) is 0 Å². The molecule has 0 aliphatic carbocycles. The zero-order valence-electron chi connectivity index (χ0n) is 8.15. The van der Waals surface area contributed by atoms with Crippen LogP contribution in [-0.4, -0.2) is 18.0 Å². The van der Waals surface area contributed by atoms with E-state index in [1.165, 1.54) is 12.1 Å². The normalized spacial score (nSPS) is 11.3. The molecule has 1 aromatic carbocycles. The first-order chi connectivity index (χ1) is 7.54. The fourth-order valence-corrected chi connectivity index (χ4v) is 1.60. The summed E-state index contributed by atoms with van der Waals surface area (Å²) in [4.78, 5) is 3.90. The lowest BCUT2D eigenvalue weighted by atomic mass is 10.3. The van der Waals surface area contributed by atoms with Gasteiger partial charge in [0.15, 0.2) is 0 Å². The van der Waals surface area contributed by atoms with E-state index in [4.69, 9.17) is 5.14 Å². The topological polar surface area (TPSA) is 87.2 Å². The van der Waals surface area contributed by atoms with E-state index in [0.717, 1.165) is 5.69 Å². The average Bonchev–Trinajstić information content (AvgIpc) is 2.69. The lowest BCUT2D eigenvalue weighted by Crippen LogP contribution is -2.18. The summed E-state index contributed by atoms with van der Waals surface area (Å²) in [5, 5.41) is 4.73. The van der Waals surface area contributed by atoms with Crippen molar-refractivity contribution in [1.29, 1.82) is 0 Å². The highest BCUT2D eigenvalue weighted by molar-refractivity contribution is 7.84. The summed E-state index contributed by atoms with van der Waals surface area (Å²) in [6, 6.07) is 6.42. The van der Waals surface area contributed by atoms with E-state index < -0.39 is 10.3 Å². The molecule has 0 atom stereocenters. The molecule has 0 aliphatic heterocycles. The first-order valence-corrected chi connectivity index (χ1v) is 5.82. The van der Waals surface area contributed by atoms with Crippen LogP contribution in [0, 0.1) is 0 Å². The van der Waals surface area contributed by atoms with Gasteiger partial charge in [0.2, 0.25) is 0 Å². The minimum atomic E-state index is -3.96. The molecule has 0 aliphatic rings. The maximum atomic E-state index is 10.7. The van der Waals surface area contributed by atoms with Crippen LogP contribution in [0.3, 0.4) is 0 Å². The molecule has 0 amide bonds. The lowest BCUT2D eigenvalue weighted by molar-refractivity contribution is 0.487. The van der Waals surface area contributed by atoms with Crippen molar-refractivity contribution in [2.75, 3.05) is 0 Å². The Morgan fingerprint density at radius 2 is 1.94 bits per heavy atom. The third-order valence-electron chi connectivity index (χ3n) is 1.85. The van der Waals surface area contributed by atoms with Gasteiger partial charge >= 0.3 is 10.3 Å². The fourth-order valence-electron chi connectivity index (χ4n) is 1.22. The number of imidazole rings is 1. The molecule has 84 valence electrons. The number of nitrogens with two attached hydrogens (primary N) is 1. The summed E-state index contributed by atoms with van der Waals surface area (Å²) in [6.07, 6.45) is 5.06. The standard InChI is InChI=1S/C9H9N3O3S/c10-16(13,14)15-9-3-1-8(2-4-9)12-6-5-11-7-12/h1-7H,(H2,10,13,14). The quantitative estimate of drug-likeness (QED) is 0.842. The maximum Gasteiger partial charge on any atom is 0.380 e. The van der Waals surface area contributed by atoms with E-state index in [1.807, 2.05) is 0 Å². The number of benzene rings is 1. The zero-order valence-corrected chi connectivity index (χ0v) is 8.96. The fraction of sp³-hybridized carbons (Fsp3) is 0. The van der Waals surface area contributed by atoms with Crippen LogP contribution < -0.4 is 9.32 Å². The SMILES string of the molecule is NS(=O)(=O)Oc1ccc(-n2ccnc2)cc1. The molecule has 1 heterocycles. The Morgan fingerprint density at radius 3 is 2.44 bits per heavy atom. The van der Waals surface area contributed by atoms with Crippen molar-refractivity contribution in [3.05, 3.63) is 43.0 Å². The monoisotopic (exact) mass is 239 g/mol. The van der Waals surface area contributed by atoms with Crippen LogP contribution in [0.15, 0.2) is 43.0 Å². The minimum absolute atomic E-state index is 0.173. The molecular weight excluding hydrogens is 230 g/mol. The molecule has 7 heteroatoms. The lowest BCUT2D eigenvalue weighted by Gasteiger charge is -2.04. The van der Waals surface area contributed by atoms with Crippen molar-refractivity contribution in [2.24, 2.45) is 5.14 Å². The molecule has 0 unspecified atom stereocenters. The van der Waals surface area contributed by atoms with E-state index in [1.54, 1.807) is 35.4 Å². The first kappa shape index (κ1) is 10.7. The maximum absolute atomic E-state index is 10.7. The summed E-state index contributed by atoms with van der Waals surface area (Å²) in [6.45, 7) is 0. The Kier molecular flexibility index (Phi) is 2.63. The van der Waals surface area contributed by atoms with Crippen LogP contribution in [-0.2, 0) is 10.3 Å². The van der Waals surface area contributed by atoms with Gasteiger partial charge in [-0.1, -0.05) is 0 Å². The molecule has 0 fully saturated rings. The van der Waals surface area contributed by atoms with E-state index >= 15 is 0 Å². The van der Waals surface area contributed by atoms with Crippen LogP contribution in [0.5, 0.6) is 5.75 Å². The third-order valence-corrected chi connectivity index (χ3v) is 2.28. The zero-order chi connectivity index (χ0) is 11.6. The highest BCUT2D eigenvalue weighted by atomic mass is 32.2. The summed E-state index contributed by atoms with van der Waals surface area (Å²) in [5.74, 6) is 0.173. The van der Waals surface area contributed by atoms with E-state index in [-0.39, 0.29) is 5.75 Å². The smallest absolute Gasteiger partial charge is 0.371 e. The number of nitrogens with zero attached hydrogens (tertiary/aromatic N) is 2. The average molecular weight is 239 g/mol. The van der Waals surface area contributed by atoms with Crippen LogP contribution in [0.4, 0.5) is 0 Å². The van der Waals surface area contributed by atoms with Gasteiger partial charge in [-0.25, -0.2) is 4.98 Å². The number of hydrogen-bond donors (Lipinski definition) is 1. The van der Waals surface area contributed by atoms with E-state index in [9.17, 15) is 8.42 Å². The van der Waals surface area contributed by atoms with E-state index in [2.05, 4.69) is 9.17 Å². The van der Waals surface area contributed by atoms with Crippen molar-refractivity contribution < 1.29 is 12.6 Å². The molecule has 2 rings (SSSR count). The number of hydrogen-bond acceptors (Lipinski definition) is 4. The molecule has 0 radical (unpaired) electrons. The Morgan fingerprint density at radius 1 is 1.25 bits per heavy atom. The Balaban J connectivity index is 2.24. The molecular formula is C9H9N3O3S. The van der Waals surface area contributed by atoms with Crippen molar-refractivity contribution in [3.63, 3.8) is 0 Å². The van der Waals surface area contributed by atoms with Crippen LogP contribution in [0.25, 0.3) is 5.69 Å². The Labute approximate surface area is 92.6 Å². The molecule has 0 bridgehead atoms. The van der Waals surface area contributed by atoms with Gasteiger partial charge in [-0.15, -0.1) is 0 Å². The molecule has 0 spiro atoms. The third kappa shape index (κ3) is 2.59. The summed E-state index contributed by atoms with van der Waals surface area (Å²) >= 11 is 0. The van der Waals surface area contributed by atoms with Gasteiger partial charge in [-0.05, 0) is 24.3 Å². The predicted molar refractivity (Wildman–Crippen MR) is 57.3 cm³/mol. The van der Waals surface area contributed by atoms with Crippen LogP contribution in [0.1, 0.15) is 0 Å². The van der Waals surface area contributed by atoms with Crippen LogP contribution >= 0.6 is 0 Å². The second-order valence-electron chi connectivity index (χ2n) is 3.04. The molecule has 6 nitrogen and oxygen atoms in total. The number of aromatic nitrogens is 2. The van der Waals surface area contributed by atoms with E-state index in [0.29, 0.717) is 0 Å². The summed E-state index contributed by atoms with van der Waals surface area (Å²) in [5.41, 5.74) is 0.847.